The molecule has 0 saturated carbocycles. The number of anilines is 2. The fourth-order valence-electron chi connectivity index (χ4n) is 2.42. The van der Waals surface area contributed by atoms with Gasteiger partial charge in [0.25, 0.3) is 0 Å². The Morgan fingerprint density at radius 1 is 1.25 bits per heavy atom. The molecule has 0 aliphatic carbocycles. The summed E-state index contributed by atoms with van der Waals surface area (Å²) in [7, 11) is 0. The number of rotatable bonds is 6. The minimum atomic E-state index is -0.371. The molecular formula is C15H22N4O. The highest BCUT2D eigenvalue weighted by Gasteiger charge is 2.15. The van der Waals surface area contributed by atoms with Crippen LogP contribution in [0.15, 0.2) is 24.5 Å². The molecule has 1 unspecified atom stereocenters. The van der Waals surface area contributed by atoms with Gasteiger partial charge in [-0.25, -0.2) is 9.97 Å². The quantitative estimate of drug-likeness (QED) is 0.704. The molecule has 5 heteroatoms. The zero-order valence-electron chi connectivity index (χ0n) is 12.0. The van der Waals surface area contributed by atoms with Crippen molar-refractivity contribution in [1.29, 1.82) is 0 Å². The molecule has 2 aromatic rings. The molecule has 1 aromatic carbocycles. The predicted molar refractivity (Wildman–Crippen MR) is 82.5 cm³/mol. The monoisotopic (exact) mass is 274 g/mol. The first-order chi connectivity index (χ1) is 9.65. The molecule has 0 saturated heterocycles. The van der Waals surface area contributed by atoms with Crippen molar-refractivity contribution in [2.24, 2.45) is 5.92 Å². The largest absolute Gasteiger partial charge is 0.399 e. The first-order valence-electron chi connectivity index (χ1n) is 7.07. The molecule has 0 bridgehead atoms. The highest BCUT2D eigenvalue weighted by Crippen LogP contribution is 2.22. The topological polar surface area (TPSA) is 84.1 Å². The number of benzene rings is 1. The smallest absolute Gasteiger partial charge is 0.137 e. The molecule has 108 valence electrons. The van der Waals surface area contributed by atoms with E-state index in [2.05, 4.69) is 29.1 Å². The Bertz CT molecular complexity index is 569. The van der Waals surface area contributed by atoms with Crippen molar-refractivity contribution in [1.82, 2.24) is 9.97 Å². The summed E-state index contributed by atoms with van der Waals surface area (Å²) in [6.45, 7) is 4.68. The standard InChI is InChI=1S/C15H22N4O/c1-3-10(4-2)14(20)8-17-15-12-6-5-11(16)7-13(12)18-9-19-15/h5-7,9-10,14,20H,3-4,8,16H2,1-2H3,(H,17,18,19). The van der Waals surface area contributed by atoms with Crippen LogP contribution >= 0.6 is 0 Å². The van der Waals surface area contributed by atoms with E-state index in [1.165, 1.54) is 6.33 Å². The van der Waals surface area contributed by atoms with Crippen LogP contribution < -0.4 is 11.1 Å². The van der Waals surface area contributed by atoms with Crippen LogP contribution in [-0.4, -0.2) is 27.7 Å². The second kappa shape index (κ2) is 6.52. The number of aliphatic hydroxyl groups excluding tert-OH is 1. The van der Waals surface area contributed by atoms with Crippen LogP contribution in [0.4, 0.5) is 11.5 Å². The minimum Gasteiger partial charge on any atom is -0.399 e. The van der Waals surface area contributed by atoms with Gasteiger partial charge in [-0.2, -0.15) is 0 Å². The van der Waals surface area contributed by atoms with E-state index in [1.807, 2.05) is 18.2 Å². The Labute approximate surface area is 119 Å². The van der Waals surface area contributed by atoms with E-state index < -0.39 is 0 Å². The number of nitrogen functional groups attached to an aromatic ring is 1. The van der Waals surface area contributed by atoms with E-state index in [9.17, 15) is 5.11 Å². The Balaban J connectivity index is 2.14. The van der Waals surface area contributed by atoms with E-state index in [0.29, 0.717) is 18.2 Å². The zero-order chi connectivity index (χ0) is 14.5. The third-order valence-corrected chi connectivity index (χ3v) is 3.73. The summed E-state index contributed by atoms with van der Waals surface area (Å²) >= 11 is 0. The maximum Gasteiger partial charge on any atom is 0.137 e. The maximum absolute atomic E-state index is 10.2. The number of hydrogen-bond donors (Lipinski definition) is 3. The predicted octanol–water partition coefficient (Wildman–Crippen LogP) is 2.42. The van der Waals surface area contributed by atoms with Crippen LogP contribution in [0.2, 0.25) is 0 Å². The van der Waals surface area contributed by atoms with Crippen LogP contribution in [-0.2, 0) is 0 Å². The lowest BCUT2D eigenvalue weighted by molar-refractivity contribution is 0.114. The van der Waals surface area contributed by atoms with Crippen molar-refractivity contribution in [2.75, 3.05) is 17.6 Å². The molecule has 0 amide bonds. The average Bonchev–Trinajstić information content (AvgIpc) is 2.45. The summed E-state index contributed by atoms with van der Waals surface area (Å²) < 4.78 is 0. The Kier molecular flexibility index (Phi) is 4.74. The number of aliphatic hydroxyl groups is 1. The van der Waals surface area contributed by atoms with Crippen molar-refractivity contribution in [3.63, 3.8) is 0 Å². The molecular weight excluding hydrogens is 252 g/mol. The first kappa shape index (κ1) is 14.5. The Morgan fingerprint density at radius 3 is 2.70 bits per heavy atom. The highest BCUT2D eigenvalue weighted by molar-refractivity contribution is 5.90. The van der Waals surface area contributed by atoms with Crippen LogP contribution in [0.5, 0.6) is 0 Å². The molecule has 2 rings (SSSR count). The number of nitrogens with one attached hydrogen (secondary N) is 1. The molecule has 20 heavy (non-hydrogen) atoms. The normalized spacial score (nSPS) is 12.8. The molecule has 1 aromatic heterocycles. The van der Waals surface area contributed by atoms with Crippen molar-refractivity contribution >= 4 is 22.4 Å². The molecule has 0 aliphatic heterocycles. The fraction of sp³-hybridized carbons (Fsp3) is 0.467. The lowest BCUT2D eigenvalue weighted by Crippen LogP contribution is -2.28. The van der Waals surface area contributed by atoms with Gasteiger partial charge < -0.3 is 16.2 Å². The molecule has 0 spiro atoms. The van der Waals surface area contributed by atoms with Crippen LogP contribution in [0, 0.1) is 5.92 Å². The van der Waals surface area contributed by atoms with Gasteiger partial charge in [0, 0.05) is 17.6 Å². The fourth-order valence-corrected chi connectivity index (χ4v) is 2.42. The van der Waals surface area contributed by atoms with Crippen molar-refractivity contribution < 1.29 is 5.11 Å². The molecule has 1 heterocycles. The molecule has 0 aliphatic rings. The van der Waals surface area contributed by atoms with E-state index in [0.717, 1.165) is 29.6 Å². The van der Waals surface area contributed by atoms with Crippen LogP contribution in [0.3, 0.4) is 0 Å². The highest BCUT2D eigenvalue weighted by atomic mass is 16.3. The SMILES string of the molecule is CCC(CC)C(O)CNc1ncnc2cc(N)ccc12. The lowest BCUT2D eigenvalue weighted by atomic mass is 9.96. The summed E-state index contributed by atoms with van der Waals surface area (Å²) in [4.78, 5) is 8.45. The maximum atomic E-state index is 10.2. The number of nitrogens with zero attached hydrogens (tertiary/aromatic N) is 2. The van der Waals surface area contributed by atoms with E-state index >= 15 is 0 Å². The van der Waals surface area contributed by atoms with Gasteiger partial charge in [-0.3, -0.25) is 0 Å². The molecule has 1 atom stereocenters. The van der Waals surface area contributed by atoms with Gasteiger partial charge in [0.2, 0.25) is 0 Å². The Morgan fingerprint density at radius 2 is 2.00 bits per heavy atom. The van der Waals surface area contributed by atoms with E-state index in [-0.39, 0.29) is 6.10 Å². The summed E-state index contributed by atoms with van der Waals surface area (Å²) in [5.41, 5.74) is 7.24. The molecule has 0 fully saturated rings. The van der Waals surface area contributed by atoms with Gasteiger partial charge in [-0.15, -0.1) is 0 Å². The van der Waals surface area contributed by atoms with E-state index in [4.69, 9.17) is 5.73 Å². The number of aromatic nitrogens is 2. The van der Waals surface area contributed by atoms with Gasteiger partial charge in [-0.05, 0) is 24.1 Å². The molecule has 0 radical (unpaired) electrons. The number of nitrogens with two attached hydrogens (primary N) is 1. The summed E-state index contributed by atoms with van der Waals surface area (Å²) in [5, 5.41) is 14.3. The third-order valence-electron chi connectivity index (χ3n) is 3.73. The average molecular weight is 274 g/mol. The third kappa shape index (κ3) is 3.17. The first-order valence-corrected chi connectivity index (χ1v) is 7.07. The van der Waals surface area contributed by atoms with Gasteiger partial charge in [0.1, 0.15) is 12.1 Å². The summed E-state index contributed by atoms with van der Waals surface area (Å²) in [5.74, 6) is 1.05. The molecule has 5 nitrogen and oxygen atoms in total. The second-order valence-corrected chi connectivity index (χ2v) is 5.02. The van der Waals surface area contributed by atoms with Gasteiger partial charge in [0.05, 0.1) is 11.6 Å². The van der Waals surface area contributed by atoms with Gasteiger partial charge in [0.15, 0.2) is 0 Å². The zero-order valence-corrected chi connectivity index (χ0v) is 12.0. The van der Waals surface area contributed by atoms with Crippen molar-refractivity contribution in [2.45, 2.75) is 32.8 Å². The van der Waals surface area contributed by atoms with Gasteiger partial charge in [-0.1, -0.05) is 26.7 Å². The van der Waals surface area contributed by atoms with Crippen LogP contribution in [0.25, 0.3) is 10.9 Å². The van der Waals surface area contributed by atoms with Crippen molar-refractivity contribution in [3.8, 4) is 0 Å². The number of hydrogen-bond acceptors (Lipinski definition) is 5. The summed E-state index contributed by atoms with van der Waals surface area (Å²) in [6.07, 6.45) is 3.08. The lowest BCUT2D eigenvalue weighted by Gasteiger charge is -2.20. The number of fused-ring (bicyclic) bond motifs is 1. The minimum absolute atomic E-state index is 0.311. The van der Waals surface area contributed by atoms with Gasteiger partial charge >= 0.3 is 0 Å². The summed E-state index contributed by atoms with van der Waals surface area (Å²) in [6, 6.07) is 5.55. The molecule has 4 N–H and O–H groups in total. The van der Waals surface area contributed by atoms with Crippen molar-refractivity contribution in [3.05, 3.63) is 24.5 Å². The van der Waals surface area contributed by atoms with Crippen LogP contribution in [0.1, 0.15) is 26.7 Å². The van der Waals surface area contributed by atoms with E-state index in [1.54, 1.807) is 0 Å². The second-order valence-electron chi connectivity index (χ2n) is 5.02. The Hall–Kier alpha value is -1.88.